The Labute approximate surface area is 469 Å². The minimum absolute atomic E-state index is 0.206. The van der Waals surface area contributed by atoms with E-state index in [1.165, 1.54) is 64.2 Å². The highest BCUT2D eigenvalue weighted by molar-refractivity contribution is 5.76. The maximum absolute atomic E-state index is 13.0. The van der Waals surface area contributed by atoms with Gasteiger partial charge in [-0.25, -0.2) is 0 Å². The Hall–Kier alpha value is -4.19. The summed E-state index contributed by atoms with van der Waals surface area (Å²) in [7, 11) is 0. The molecule has 1 heterocycles. The number of ether oxygens (including phenoxy) is 2. The van der Waals surface area contributed by atoms with Gasteiger partial charge in [0.15, 0.2) is 6.29 Å². The predicted molar refractivity (Wildman–Crippen MR) is 326 cm³/mol. The van der Waals surface area contributed by atoms with Crippen molar-refractivity contribution in [1.29, 1.82) is 0 Å². The van der Waals surface area contributed by atoms with Gasteiger partial charge < -0.3 is 40.3 Å². The molecule has 1 amide bonds. The molecule has 0 aromatic carbocycles. The fourth-order valence-electron chi connectivity index (χ4n) is 8.35. The maximum atomic E-state index is 13.0. The number of nitrogens with one attached hydrogen (secondary N) is 1. The van der Waals surface area contributed by atoms with Gasteiger partial charge in [-0.3, -0.25) is 4.79 Å². The van der Waals surface area contributed by atoms with Crippen LogP contribution in [0, 0.1) is 0 Å². The van der Waals surface area contributed by atoms with Gasteiger partial charge in [0.1, 0.15) is 24.4 Å². The monoisotopic (exact) mass is 1070 g/mol. The molecule has 434 valence electrons. The van der Waals surface area contributed by atoms with E-state index in [4.69, 9.17) is 9.47 Å². The Morgan fingerprint density at radius 2 is 0.818 bits per heavy atom. The minimum atomic E-state index is -1.58. The van der Waals surface area contributed by atoms with Gasteiger partial charge in [-0.1, -0.05) is 242 Å². The third-order valence-electron chi connectivity index (χ3n) is 13.1. The van der Waals surface area contributed by atoms with Gasteiger partial charge in [0, 0.05) is 6.42 Å². The summed E-state index contributed by atoms with van der Waals surface area (Å²) >= 11 is 0. The summed E-state index contributed by atoms with van der Waals surface area (Å²) in [6.45, 7) is 3.61. The Bertz CT molecular complexity index is 1760. The normalized spacial score (nSPS) is 19.9. The number of rotatable bonds is 49. The van der Waals surface area contributed by atoms with E-state index in [1.54, 1.807) is 6.08 Å². The topological polar surface area (TPSA) is 149 Å². The summed E-state index contributed by atoms with van der Waals surface area (Å²) in [5.74, 6) is -0.206. The van der Waals surface area contributed by atoms with Crippen molar-refractivity contribution in [3.8, 4) is 0 Å². The number of allylic oxidation sites excluding steroid dienone is 25. The molecule has 1 saturated heterocycles. The molecule has 0 radical (unpaired) electrons. The van der Waals surface area contributed by atoms with Crippen LogP contribution in [0.2, 0.25) is 0 Å². The number of hydrogen-bond acceptors (Lipinski definition) is 8. The second-order valence-electron chi connectivity index (χ2n) is 20.0. The maximum Gasteiger partial charge on any atom is 0.220 e. The molecule has 0 aromatic heterocycles. The van der Waals surface area contributed by atoms with Gasteiger partial charge in [-0.05, 0) is 116 Å². The lowest BCUT2D eigenvalue weighted by molar-refractivity contribution is -0.302. The van der Waals surface area contributed by atoms with Crippen LogP contribution in [0.3, 0.4) is 0 Å². The third-order valence-corrected chi connectivity index (χ3v) is 13.1. The van der Waals surface area contributed by atoms with Gasteiger partial charge in [-0.2, -0.15) is 0 Å². The van der Waals surface area contributed by atoms with Crippen molar-refractivity contribution in [2.45, 2.75) is 249 Å². The number of carbonyl (C=O) groups excluding carboxylic acids is 1. The number of aliphatic hydroxyl groups is 5. The molecule has 9 heteroatoms. The lowest BCUT2D eigenvalue weighted by atomic mass is 9.99. The summed E-state index contributed by atoms with van der Waals surface area (Å²) < 4.78 is 11.2. The van der Waals surface area contributed by atoms with Crippen molar-refractivity contribution in [2.24, 2.45) is 0 Å². The highest BCUT2D eigenvalue weighted by Gasteiger charge is 2.44. The number of carbonyl (C=O) groups is 1. The molecule has 0 bridgehead atoms. The van der Waals surface area contributed by atoms with Crippen LogP contribution in [0.25, 0.3) is 0 Å². The molecular weight excluding hydrogens is 959 g/mol. The van der Waals surface area contributed by atoms with E-state index in [0.717, 1.165) is 122 Å². The van der Waals surface area contributed by atoms with Crippen LogP contribution in [-0.2, 0) is 14.3 Å². The fourth-order valence-corrected chi connectivity index (χ4v) is 8.35. The third kappa shape index (κ3) is 44.4. The molecule has 6 N–H and O–H groups in total. The molecule has 77 heavy (non-hydrogen) atoms. The quantitative estimate of drug-likeness (QED) is 0.0261. The first-order chi connectivity index (χ1) is 37.8. The summed E-state index contributed by atoms with van der Waals surface area (Å²) in [6.07, 6.45) is 80.3. The zero-order chi connectivity index (χ0) is 55.8. The highest BCUT2D eigenvalue weighted by Crippen LogP contribution is 2.22. The highest BCUT2D eigenvalue weighted by atomic mass is 16.7. The van der Waals surface area contributed by atoms with Crippen molar-refractivity contribution in [3.05, 3.63) is 158 Å². The van der Waals surface area contributed by atoms with Crippen LogP contribution in [0.15, 0.2) is 158 Å². The number of unbranched alkanes of at least 4 members (excludes halogenated alkanes) is 15. The molecular formula is C68H109NO8. The van der Waals surface area contributed by atoms with Crippen molar-refractivity contribution in [2.75, 3.05) is 13.2 Å². The summed E-state index contributed by atoms with van der Waals surface area (Å²) in [5.41, 5.74) is 0. The first-order valence-corrected chi connectivity index (χ1v) is 30.2. The SMILES string of the molecule is CC/C=C\C/C=C\C/C=C\C/C=C\C/C=C\C/C=C\C/C=C\C/C=C\C/C=C\C/C=C\C/C=C\CCCCCCCCCC(=O)NC(COC1OC(CO)C(O)C(O)C1O)C(O)/C=C/CC/C=C/CCCCCCCCC. The minimum Gasteiger partial charge on any atom is -0.394 e. The van der Waals surface area contributed by atoms with Gasteiger partial charge in [-0.15, -0.1) is 0 Å². The number of hydrogen-bond donors (Lipinski definition) is 6. The van der Waals surface area contributed by atoms with Gasteiger partial charge in [0.2, 0.25) is 5.91 Å². The summed E-state index contributed by atoms with van der Waals surface area (Å²) in [6, 6.07) is -0.838. The molecule has 0 spiro atoms. The van der Waals surface area contributed by atoms with E-state index in [1.807, 2.05) is 6.08 Å². The van der Waals surface area contributed by atoms with Crippen molar-refractivity contribution >= 4 is 5.91 Å². The lowest BCUT2D eigenvalue weighted by Crippen LogP contribution is -2.60. The average Bonchev–Trinajstić information content (AvgIpc) is 3.43. The summed E-state index contributed by atoms with van der Waals surface area (Å²) in [5, 5.41) is 54.4. The lowest BCUT2D eigenvalue weighted by Gasteiger charge is -2.40. The fraction of sp³-hybridized carbons (Fsp3) is 0.603. The zero-order valence-corrected chi connectivity index (χ0v) is 48.1. The van der Waals surface area contributed by atoms with Crippen molar-refractivity contribution in [3.63, 3.8) is 0 Å². The van der Waals surface area contributed by atoms with Crippen LogP contribution >= 0.6 is 0 Å². The molecule has 7 atom stereocenters. The second kappa shape index (κ2) is 55.1. The zero-order valence-electron chi connectivity index (χ0n) is 48.1. The van der Waals surface area contributed by atoms with Crippen molar-refractivity contribution < 1.29 is 39.8 Å². The molecule has 1 fully saturated rings. The van der Waals surface area contributed by atoms with E-state index in [0.29, 0.717) is 6.42 Å². The molecule has 0 saturated carbocycles. The van der Waals surface area contributed by atoms with E-state index in [9.17, 15) is 30.3 Å². The predicted octanol–water partition coefficient (Wildman–Crippen LogP) is 15.6. The number of amides is 1. The van der Waals surface area contributed by atoms with Crippen LogP contribution in [0.4, 0.5) is 0 Å². The number of aliphatic hydroxyl groups excluding tert-OH is 5. The van der Waals surface area contributed by atoms with E-state index in [-0.39, 0.29) is 12.5 Å². The molecule has 1 aliphatic rings. The standard InChI is InChI=1S/C68H109NO8/c1-3-5-7-9-11-13-15-17-18-19-20-21-22-23-24-25-26-27-28-29-30-31-32-33-34-35-36-37-38-39-40-41-42-43-44-46-48-50-52-54-56-58-64(72)69-61(60-76-68-67(75)66(74)65(73)63(59-70)77-68)62(71)57-55-53-51-49-47-45-16-14-12-10-8-6-4-2/h5,7,11,13,17-18,20-21,23-24,26-27,29-30,32-33,35-36,38-39,41-42,47,49,55,57,61-63,65-68,70-71,73-75H,3-4,6,8-10,12,14-16,19,22,25,28,31,34,37,40,43-46,48,50-54,56,58-60H2,1-2H3,(H,69,72)/b7-5-,13-11-,18-17-,21-20-,24-23-,27-26-,30-29-,33-32-,36-35-,39-38-,42-41-,49-47+,57-55+. The van der Waals surface area contributed by atoms with Gasteiger partial charge >= 0.3 is 0 Å². The largest absolute Gasteiger partial charge is 0.394 e. The van der Waals surface area contributed by atoms with Gasteiger partial charge in [0.25, 0.3) is 0 Å². The van der Waals surface area contributed by atoms with Gasteiger partial charge in [0.05, 0.1) is 25.4 Å². The first-order valence-electron chi connectivity index (χ1n) is 30.2. The van der Waals surface area contributed by atoms with E-state index in [2.05, 4.69) is 165 Å². The molecule has 9 nitrogen and oxygen atoms in total. The van der Waals surface area contributed by atoms with Crippen molar-refractivity contribution in [1.82, 2.24) is 5.32 Å². The Morgan fingerprint density at radius 1 is 0.455 bits per heavy atom. The second-order valence-corrected chi connectivity index (χ2v) is 20.0. The van der Waals surface area contributed by atoms with E-state index < -0.39 is 49.5 Å². The van der Waals surface area contributed by atoms with E-state index >= 15 is 0 Å². The Balaban J connectivity index is 2.17. The van der Waals surface area contributed by atoms with Crippen LogP contribution < -0.4 is 5.32 Å². The van der Waals surface area contributed by atoms with Crippen LogP contribution in [-0.4, -0.2) is 87.5 Å². The smallest absolute Gasteiger partial charge is 0.220 e. The van der Waals surface area contributed by atoms with Crippen LogP contribution in [0.5, 0.6) is 0 Å². The summed E-state index contributed by atoms with van der Waals surface area (Å²) in [4.78, 5) is 13.0. The molecule has 0 aromatic rings. The molecule has 0 aliphatic carbocycles. The first kappa shape index (κ1) is 70.8. The van der Waals surface area contributed by atoms with Crippen LogP contribution in [0.1, 0.15) is 206 Å². The average molecular weight is 1070 g/mol. The Morgan fingerprint density at radius 3 is 1.25 bits per heavy atom. The molecule has 7 unspecified atom stereocenters. The Kier molecular flexibility index (Phi) is 50.7. The molecule has 1 aliphatic heterocycles. The molecule has 1 rings (SSSR count).